The van der Waals surface area contributed by atoms with Crippen molar-refractivity contribution in [2.75, 3.05) is 13.2 Å². The first kappa shape index (κ1) is 19.9. The van der Waals surface area contributed by atoms with Crippen LogP contribution in [0.15, 0.2) is 0 Å². The molecule has 20 heavy (non-hydrogen) atoms. The van der Waals surface area contributed by atoms with E-state index in [1.54, 1.807) is 0 Å². The van der Waals surface area contributed by atoms with Crippen molar-refractivity contribution < 1.29 is 9.47 Å². The van der Waals surface area contributed by atoms with E-state index >= 15 is 0 Å². The van der Waals surface area contributed by atoms with Crippen LogP contribution in [0.5, 0.6) is 0 Å². The third-order valence-corrected chi connectivity index (χ3v) is 3.40. The minimum Gasteiger partial charge on any atom is -0.350 e. The number of ether oxygens (including phenoxy) is 2. The average molecular weight is 286 g/mol. The van der Waals surface area contributed by atoms with Crippen molar-refractivity contribution in [1.29, 1.82) is 0 Å². The highest BCUT2D eigenvalue weighted by Gasteiger charge is 2.31. The summed E-state index contributed by atoms with van der Waals surface area (Å²) in [7, 11) is 0. The zero-order valence-corrected chi connectivity index (χ0v) is 14.8. The molecule has 0 aromatic heterocycles. The van der Waals surface area contributed by atoms with Gasteiger partial charge in [0.2, 0.25) is 0 Å². The molecule has 0 atom stereocenters. The highest BCUT2D eigenvalue weighted by molar-refractivity contribution is 4.71. The van der Waals surface area contributed by atoms with Crippen molar-refractivity contribution in [2.24, 2.45) is 11.8 Å². The SMILES string of the molecule is CCCCCCC(CCC)(OCC(C)C)OCC(C)C. The Bertz CT molecular complexity index is 199. The Labute approximate surface area is 127 Å². The van der Waals surface area contributed by atoms with Crippen LogP contribution in [0.1, 0.15) is 86.5 Å². The van der Waals surface area contributed by atoms with Crippen molar-refractivity contribution in [3.63, 3.8) is 0 Å². The summed E-state index contributed by atoms with van der Waals surface area (Å²) in [6, 6.07) is 0. The van der Waals surface area contributed by atoms with E-state index in [4.69, 9.17) is 9.47 Å². The molecule has 122 valence electrons. The number of hydrogen-bond donors (Lipinski definition) is 0. The van der Waals surface area contributed by atoms with Gasteiger partial charge in [-0.25, -0.2) is 0 Å². The fourth-order valence-electron chi connectivity index (χ4n) is 2.29. The minimum atomic E-state index is -0.336. The van der Waals surface area contributed by atoms with Gasteiger partial charge >= 0.3 is 0 Å². The van der Waals surface area contributed by atoms with Crippen LogP contribution in [-0.4, -0.2) is 19.0 Å². The summed E-state index contributed by atoms with van der Waals surface area (Å²) in [6.07, 6.45) is 8.27. The summed E-state index contributed by atoms with van der Waals surface area (Å²) < 4.78 is 12.5. The molecular weight excluding hydrogens is 248 g/mol. The Kier molecular flexibility index (Phi) is 11.5. The third-order valence-electron chi connectivity index (χ3n) is 3.40. The Morgan fingerprint density at radius 2 is 1.25 bits per heavy atom. The van der Waals surface area contributed by atoms with E-state index in [1.165, 1.54) is 25.7 Å². The molecule has 0 aliphatic rings. The largest absolute Gasteiger partial charge is 0.350 e. The number of unbranched alkanes of at least 4 members (excludes halogenated alkanes) is 3. The minimum absolute atomic E-state index is 0.336. The maximum absolute atomic E-state index is 6.24. The van der Waals surface area contributed by atoms with Crippen molar-refractivity contribution >= 4 is 0 Å². The molecule has 0 saturated carbocycles. The molecule has 0 saturated heterocycles. The van der Waals surface area contributed by atoms with E-state index in [0.717, 1.165) is 32.5 Å². The van der Waals surface area contributed by atoms with Gasteiger partial charge in [-0.3, -0.25) is 0 Å². The van der Waals surface area contributed by atoms with Gasteiger partial charge in [-0.05, 0) is 18.3 Å². The van der Waals surface area contributed by atoms with Gasteiger partial charge in [-0.2, -0.15) is 0 Å². The standard InChI is InChI=1S/C18H38O2/c1-7-9-10-11-13-18(12-8-2,19-14-16(3)4)20-15-17(5)6/h16-17H,7-15H2,1-6H3. The maximum Gasteiger partial charge on any atom is 0.168 e. The lowest BCUT2D eigenvalue weighted by atomic mass is 10.0. The first-order valence-corrected chi connectivity index (χ1v) is 8.73. The molecule has 0 rings (SSSR count). The van der Waals surface area contributed by atoms with Crippen molar-refractivity contribution in [3.05, 3.63) is 0 Å². The third kappa shape index (κ3) is 9.77. The van der Waals surface area contributed by atoms with Gasteiger partial charge in [-0.15, -0.1) is 0 Å². The average Bonchev–Trinajstić information content (AvgIpc) is 2.39. The number of rotatable bonds is 13. The van der Waals surface area contributed by atoms with E-state index in [1.807, 2.05) is 0 Å². The molecule has 0 N–H and O–H groups in total. The van der Waals surface area contributed by atoms with E-state index in [-0.39, 0.29) is 5.79 Å². The van der Waals surface area contributed by atoms with Gasteiger partial charge < -0.3 is 9.47 Å². The fourth-order valence-corrected chi connectivity index (χ4v) is 2.29. The van der Waals surface area contributed by atoms with Crippen molar-refractivity contribution in [1.82, 2.24) is 0 Å². The molecule has 0 fully saturated rings. The fraction of sp³-hybridized carbons (Fsp3) is 1.00. The molecule has 0 aromatic rings. The highest BCUT2D eigenvalue weighted by Crippen LogP contribution is 2.29. The molecule has 2 nitrogen and oxygen atoms in total. The molecule has 0 aliphatic carbocycles. The van der Waals surface area contributed by atoms with E-state index in [0.29, 0.717) is 11.8 Å². The predicted octanol–water partition coefficient (Wildman–Crippen LogP) is 5.80. The Hall–Kier alpha value is -0.0800. The lowest BCUT2D eigenvalue weighted by Crippen LogP contribution is -2.38. The zero-order chi connectivity index (χ0) is 15.4. The van der Waals surface area contributed by atoms with Crippen LogP contribution in [0.3, 0.4) is 0 Å². The van der Waals surface area contributed by atoms with Crippen LogP contribution in [0, 0.1) is 11.8 Å². The van der Waals surface area contributed by atoms with Crippen molar-refractivity contribution in [2.45, 2.75) is 92.3 Å². The van der Waals surface area contributed by atoms with E-state index in [9.17, 15) is 0 Å². The summed E-state index contributed by atoms with van der Waals surface area (Å²) in [5, 5.41) is 0. The molecule has 0 bridgehead atoms. The summed E-state index contributed by atoms with van der Waals surface area (Å²) in [5.74, 6) is 0.783. The smallest absolute Gasteiger partial charge is 0.168 e. The molecule has 0 unspecified atom stereocenters. The van der Waals surface area contributed by atoms with Gasteiger partial charge in [0.1, 0.15) is 0 Å². The molecule has 0 spiro atoms. The first-order chi connectivity index (χ1) is 9.45. The molecule has 0 aromatic carbocycles. The first-order valence-electron chi connectivity index (χ1n) is 8.73. The summed E-state index contributed by atoms with van der Waals surface area (Å²) in [4.78, 5) is 0. The normalized spacial score (nSPS) is 12.6. The Balaban J connectivity index is 4.53. The van der Waals surface area contributed by atoms with Crippen LogP contribution in [0.25, 0.3) is 0 Å². The van der Waals surface area contributed by atoms with Gasteiger partial charge in [0.05, 0.1) is 13.2 Å². The van der Waals surface area contributed by atoms with E-state index in [2.05, 4.69) is 41.5 Å². The predicted molar refractivity (Wildman–Crippen MR) is 88.0 cm³/mol. The lowest BCUT2D eigenvalue weighted by Gasteiger charge is -2.35. The monoisotopic (exact) mass is 286 g/mol. The summed E-state index contributed by atoms with van der Waals surface area (Å²) in [6.45, 7) is 14.9. The molecule has 0 heterocycles. The van der Waals surface area contributed by atoms with Gasteiger partial charge in [0.15, 0.2) is 5.79 Å². The second kappa shape index (κ2) is 11.6. The van der Waals surface area contributed by atoms with Crippen LogP contribution < -0.4 is 0 Å². The number of hydrogen-bond acceptors (Lipinski definition) is 2. The van der Waals surface area contributed by atoms with Gasteiger partial charge in [0.25, 0.3) is 0 Å². The highest BCUT2D eigenvalue weighted by atomic mass is 16.7. The molecular formula is C18H38O2. The summed E-state index contributed by atoms with van der Waals surface area (Å²) >= 11 is 0. The maximum atomic E-state index is 6.24. The molecule has 0 aliphatic heterocycles. The van der Waals surface area contributed by atoms with Gasteiger partial charge in [-0.1, -0.05) is 67.2 Å². The van der Waals surface area contributed by atoms with Crippen LogP contribution >= 0.6 is 0 Å². The molecule has 2 heteroatoms. The molecule has 0 radical (unpaired) electrons. The van der Waals surface area contributed by atoms with Crippen LogP contribution in [0.2, 0.25) is 0 Å². The topological polar surface area (TPSA) is 18.5 Å². The Morgan fingerprint density at radius 1 is 0.700 bits per heavy atom. The second-order valence-corrected chi connectivity index (χ2v) is 6.88. The molecule has 0 amide bonds. The lowest BCUT2D eigenvalue weighted by molar-refractivity contribution is -0.253. The Morgan fingerprint density at radius 3 is 1.65 bits per heavy atom. The quantitative estimate of drug-likeness (QED) is 0.315. The second-order valence-electron chi connectivity index (χ2n) is 6.88. The van der Waals surface area contributed by atoms with Crippen molar-refractivity contribution in [3.8, 4) is 0 Å². The van der Waals surface area contributed by atoms with Crippen LogP contribution in [-0.2, 0) is 9.47 Å². The van der Waals surface area contributed by atoms with E-state index < -0.39 is 0 Å². The zero-order valence-electron chi connectivity index (χ0n) is 14.8. The van der Waals surface area contributed by atoms with Gasteiger partial charge in [0, 0.05) is 12.8 Å². The van der Waals surface area contributed by atoms with Crippen LogP contribution in [0.4, 0.5) is 0 Å². The summed E-state index contributed by atoms with van der Waals surface area (Å²) in [5.41, 5.74) is 0.